The van der Waals surface area contributed by atoms with Crippen LogP contribution in [0.2, 0.25) is 0 Å². The number of rotatable bonds is 13. The fourth-order valence-electron chi connectivity index (χ4n) is 8.84. The molecule has 0 aliphatic rings. The number of phenols is 3. The number of aryl methyl sites for hydroxylation is 3. The van der Waals surface area contributed by atoms with Crippen LogP contribution in [-0.4, -0.2) is 15.3 Å². The van der Waals surface area contributed by atoms with Gasteiger partial charge in [-0.3, -0.25) is 0 Å². The van der Waals surface area contributed by atoms with Gasteiger partial charge in [-0.25, -0.2) is 0 Å². The van der Waals surface area contributed by atoms with Crippen molar-refractivity contribution in [2.75, 3.05) is 0 Å². The van der Waals surface area contributed by atoms with E-state index < -0.39 is 6.83 Å². The second-order valence-corrected chi connectivity index (χ2v) is 20.6. The van der Waals surface area contributed by atoms with E-state index in [4.69, 9.17) is 4.52 Å². The molecule has 0 amide bonds. The Balaban J connectivity index is 1.41. The minimum absolute atomic E-state index is 0.199. The van der Waals surface area contributed by atoms with Gasteiger partial charge in [-0.15, -0.1) is 0 Å². The normalized spacial score (nSPS) is 12.1. The zero-order valence-electron chi connectivity index (χ0n) is 34.4. The summed E-state index contributed by atoms with van der Waals surface area (Å²) in [6, 6.07) is 64.4. The Labute approximate surface area is 354 Å². The van der Waals surface area contributed by atoms with Crippen LogP contribution in [0.25, 0.3) is 0 Å². The van der Waals surface area contributed by atoms with Gasteiger partial charge in [0.2, 0.25) is 0 Å². The molecule has 0 heterocycles. The van der Waals surface area contributed by atoms with Crippen molar-refractivity contribution in [2.45, 2.75) is 46.2 Å². The van der Waals surface area contributed by atoms with Crippen molar-refractivity contribution in [3.63, 3.8) is 0 Å². The molecule has 300 valence electrons. The quantitative estimate of drug-likeness (QED) is 0.102. The summed E-state index contributed by atoms with van der Waals surface area (Å²) < 4.78 is 8.39. The van der Waals surface area contributed by atoms with E-state index in [1.807, 2.05) is 57.2 Å². The van der Waals surface area contributed by atoms with Crippen molar-refractivity contribution < 1.29 is 19.8 Å². The maximum atomic E-state index is 12.1. The van der Waals surface area contributed by atoms with Gasteiger partial charge in [0, 0.05) is 0 Å². The molecule has 0 unspecified atom stereocenters. The average molecular weight is 807 g/mol. The third kappa shape index (κ3) is 7.79. The Bertz CT molecular complexity index is 2650. The summed E-state index contributed by atoms with van der Waals surface area (Å²) in [5.41, 5.74) is 9.16. The molecule has 0 spiro atoms. The van der Waals surface area contributed by atoms with Crippen LogP contribution in [0.4, 0.5) is 0 Å². The number of hydrogen-bond acceptors (Lipinski definition) is 4. The molecular formula is C55H51O4P. The fourth-order valence-corrected chi connectivity index (χ4v) is 14.6. The zero-order chi connectivity index (χ0) is 41.7. The summed E-state index contributed by atoms with van der Waals surface area (Å²) >= 11 is 0. The van der Waals surface area contributed by atoms with Crippen LogP contribution in [0.1, 0.15) is 55.6 Å². The Morgan fingerprint density at radius 1 is 0.383 bits per heavy atom. The van der Waals surface area contributed by atoms with Gasteiger partial charge in [-0.05, 0) is 0 Å². The molecule has 0 aliphatic carbocycles. The minimum atomic E-state index is -4.08. The molecule has 8 rings (SSSR count). The average Bonchev–Trinajstić information content (AvgIpc) is 3.27. The van der Waals surface area contributed by atoms with Gasteiger partial charge in [0.15, 0.2) is 0 Å². The van der Waals surface area contributed by atoms with Crippen molar-refractivity contribution >= 4 is 22.7 Å². The summed E-state index contributed by atoms with van der Waals surface area (Å²) in [6.45, 7) is 2.01. The Hall–Kier alpha value is -6.61. The second kappa shape index (κ2) is 16.9. The van der Waals surface area contributed by atoms with E-state index in [1.54, 1.807) is 12.1 Å². The number of para-hydroxylation sites is 1. The van der Waals surface area contributed by atoms with Crippen molar-refractivity contribution in [2.24, 2.45) is 0 Å². The number of aromatic hydroxyl groups is 3. The van der Waals surface area contributed by atoms with Gasteiger partial charge in [-0.1, -0.05) is 0 Å². The second-order valence-electron chi connectivity index (χ2n) is 16.1. The molecule has 0 fully saturated rings. The molecule has 0 saturated heterocycles. The molecule has 5 heteroatoms. The maximum absolute atomic E-state index is 12.1. The van der Waals surface area contributed by atoms with E-state index in [2.05, 4.69) is 140 Å². The molecule has 0 aliphatic heterocycles. The molecule has 0 saturated carbocycles. The van der Waals surface area contributed by atoms with Crippen LogP contribution in [0.5, 0.6) is 23.0 Å². The number of phenolic OH excluding ortho intramolecular Hbond substituents is 3. The molecule has 0 aromatic heterocycles. The summed E-state index contributed by atoms with van der Waals surface area (Å²) in [7, 11) is 0. The first-order chi connectivity index (χ1) is 29.1. The van der Waals surface area contributed by atoms with Gasteiger partial charge in [0.05, 0.1) is 0 Å². The topological polar surface area (TPSA) is 69.9 Å². The van der Waals surface area contributed by atoms with E-state index in [9.17, 15) is 15.3 Å². The van der Waals surface area contributed by atoms with E-state index in [0.717, 1.165) is 77.3 Å². The van der Waals surface area contributed by atoms with Crippen molar-refractivity contribution in [1.29, 1.82) is 0 Å². The van der Waals surface area contributed by atoms with Crippen molar-refractivity contribution in [3.8, 4) is 23.0 Å². The summed E-state index contributed by atoms with van der Waals surface area (Å²) in [5, 5.41) is 37.4. The van der Waals surface area contributed by atoms with E-state index in [-0.39, 0.29) is 17.2 Å². The molecule has 3 N–H and O–H groups in total. The first-order valence-electron chi connectivity index (χ1n) is 20.5. The van der Waals surface area contributed by atoms with Crippen LogP contribution in [0, 0.1) is 20.8 Å². The molecule has 0 bridgehead atoms. The number of hydrogen-bond donors (Lipinski definition) is 3. The fraction of sp³-hybridized carbons (Fsp3) is 0.127. The molecule has 60 heavy (non-hydrogen) atoms. The van der Waals surface area contributed by atoms with Crippen LogP contribution < -0.4 is 20.4 Å². The van der Waals surface area contributed by atoms with E-state index in [1.165, 1.54) is 0 Å². The third-order valence-electron chi connectivity index (χ3n) is 11.7. The third-order valence-corrected chi connectivity index (χ3v) is 17.5. The standard InChI is InChI=1S/C55H51O4P/c1-39-27-29-52(56)45(31-39)35-43-19-16-20-44(36-47-33-41(3)34-48(54(47)58)37-46-32-40(2)28-30-53(46)57)55(43)59-60(49-21-10-5-11-22-49,50-23-12-6-13-24-50,51-25-14-7-15-26-51)38-42-17-8-4-9-18-42/h4-34,56-58H,35-38H2,1-3H3. The van der Waals surface area contributed by atoms with Crippen LogP contribution in [-0.2, 0) is 25.4 Å². The van der Waals surface area contributed by atoms with Gasteiger partial charge < -0.3 is 0 Å². The van der Waals surface area contributed by atoms with Crippen molar-refractivity contribution in [1.82, 2.24) is 0 Å². The molecule has 8 aromatic rings. The zero-order valence-corrected chi connectivity index (χ0v) is 35.3. The molecule has 4 nitrogen and oxygen atoms in total. The van der Waals surface area contributed by atoms with E-state index >= 15 is 0 Å². The van der Waals surface area contributed by atoms with Crippen molar-refractivity contribution in [3.05, 3.63) is 244 Å². The van der Waals surface area contributed by atoms with E-state index in [0.29, 0.717) is 25.4 Å². The molecular weight excluding hydrogens is 756 g/mol. The first kappa shape index (κ1) is 40.2. The van der Waals surface area contributed by atoms with Crippen LogP contribution in [0.15, 0.2) is 188 Å². The summed E-state index contributed by atoms with van der Waals surface area (Å²) in [6.07, 6.45) is 1.76. The van der Waals surface area contributed by atoms with Gasteiger partial charge in [0.1, 0.15) is 0 Å². The number of benzene rings is 8. The predicted molar refractivity (Wildman–Crippen MR) is 249 cm³/mol. The molecule has 8 aromatic carbocycles. The first-order valence-corrected chi connectivity index (χ1v) is 22.9. The summed E-state index contributed by atoms with van der Waals surface area (Å²) in [5.74, 6) is 1.36. The Morgan fingerprint density at radius 2 is 0.767 bits per heavy atom. The van der Waals surface area contributed by atoms with Crippen LogP contribution in [0.3, 0.4) is 0 Å². The monoisotopic (exact) mass is 806 g/mol. The summed E-state index contributed by atoms with van der Waals surface area (Å²) in [4.78, 5) is 0. The van der Waals surface area contributed by atoms with Gasteiger partial charge in [0.25, 0.3) is 0 Å². The SMILES string of the molecule is Cc1ccc(O)c(Cc2cc(C)cc(Cc3cccc(Cc4cc(C)ccc4O)c3OP(Cc3ccccc3)(c3ccccc3)(c3ccccc3)c3ccccc3)c2O)c1. The van der Waals surface area contributed by atoms with Gasteiger partial charge in [-0.2, -0.15) is 0 Å². The van der Waals surface area contributed by atoms with Gasteiger partial charge >= 0.3 is 355 Å². The van der Waals surface area contributed by atoms with Crippen LogP contribution >= 0.6 is 6.83 Å². The predicted octanol–water partition coefficient (Wildman–Crippen LogP) is 11.5. The Kier molecular flexibility index (Phi) is 11.3. The Morgan fingerprint density at radius 3 is 1.22 bits per heavy atom. The molecule has 0 atom stereocenters. The molecule has 0 radical (unpaired) electrons.